The Bertz CT molecular complexity index is 765. The van der Waals surface area contributed by atoms with Crippen molar-refractivity contribution in [3.05, 3.63) is 29.8 Å². The van der Waals surface area contributed by atoms with Gasteiger partial charge in [-0.15, -0.1) is 0 Å². The van der Waals surface area contributed by atoms with Crippen LogP contribution in [0.3, 0.4) is 0 Å². The SMILES string of the molecule is O=C(NC1CC1)c1cccc(S(=O)(=O)NC2CCC(C(=O)O)CC2)c1. The molecule has 1 amide bonds. The van der Waals surface area contributed by atoms with Crippen LogP contribution >= 0.6 is 0 Å². The van der Waals surface area contributed by atoms with E-state index in [-0.39, 0.29) is 22.9 Å². The molecule has 0 unspecified atom stereocenters. The average molecular weight is 366 g/mol. The number of hydrogen-bond donors (Lipinski definition) is 3. The lowest BCUT2D eigenvalue weighted by Crippen LogP contribution is -2.38. The summed E-state index contributed by atoms with van der Waals surface area (Å²) in [6.45, 7) is 0. The van der Waals surface area contributed by atoms with Crippen molar-refractivity contribution in [2.45, 2.75) is 55.5 Å². The van der Waals surface area contributed by atoms with Crippen molar-refractivity contribution >= 4 is 21.9 Å². The van der Waals surface area contributed by atoms with E-state index in [1.807, 2.05) is 0 Å². The summed E-state index contributed by atoms with van der Waals surface area (Å²) in [6.07, 6.45) is 3.85. The molecule has 8 heteroatoms. The van der Waals surface area contributed by atoms with Gasteiger partial charge in [0.1, 0.15) is 0 Å². The number of carboxylic acids is 1. The number of amides is 1. The van der Waals surface area contributed by atoms with Gasteiger partial charge in [0, 0.05) is 17.6 Å². The first-order valence-electron chi connectivity index (χ1n) is 8.51. The molecule has 0 bridgehead atoms. The highest BCUT2D eigenvalue weighted by Gasteiger charge is 2.29. The molecule has 2 saturated carbocycles. The van der Waals surface area contributed by atoms with Crippen LogP contribution in [0.15, 0.2) is 29.2 Å². The fraction of sp³-hybridized carbons (Fsp3) is 0.529. The summed E-state index contributed by atoms with van der Waals surface area (Å²) in [6, 6.07) is 5.91. The summed E-state index contributed by atoms with van der Waals surface area (Å²) in [5.74, 6) is -1.48. The van der Waals surface area contributed by atoms with Crippen LogP contribution in [0.2, 0.25) is 0 Å². The molecule has 2 aliphatic rings. The first-order valence-corrected chi connectivity index (χ1v) is 9.99. The number of rotatable bonds is 6. The van der Waals surface area contributed by atoms with Gasteiger partial charge in [-0.1, -0.05) is 6.07 Å². The minimum absolute atomic E-state index is 0.0521. The summed E-state index contributed by atoms with van der Waals surface area (Å²) in [5, 5.41) is 11.8. The Morgan fingerprint density at radius 3 is 2.24 bits per heavy atom. The Balaban J connectivity index is 1.65. The maximum absolute atomic E-state index is 12.6. The third-order valence-corrected chi connectivity index (χ3v) is 6.24. The molecule has 0 aromatic heterocycles. The summed E-state index contributed by atoms with van der Waals surface area (Å²) < 4.78 is 27.8. The molecular formula is C17H22N2O5S. The Morgan fingerprint density at radius 1 is 1.00 bits per heavy atom. The van der Waals surface area contributed by atoms with E-state index in [9.17, 15) is 18.0 Å². The van der Waals surface area contributed by atoms with Gasteiger partial charge < -0.3 is 10.4 Å². The van der Waals surface area contributed by atoms with Gasteiger partial charge in [0.05, 0.1) is 10.8 Å². The van der Waals surface area contributed by atoms with Crippen LogP contribution in [-0.2, 0) is 14.8 Å². The smallest absolute Gasteiger partial charge is 0.306 e. The highest BCUT2D eigenvalue weighted by atomic mass is 32.2. The molecule has 1 aromatic rings. The minimum Gasteiger partial charge on any atom is -0.481 e. The van der Waals surface area contributed by atoms with Crippen molar-refractivity contribution in [2.75, 3.05) is 0 Å². The molecule has 0 heterocycles. The van der Waals surface area contributed by atoms with Crippen LogP contribution in [0.5, 0.6) is 0 Å². The molecule has 0 aliphatic heterocycles. The Morgan fingerprint density at radius 2 is 1.64 bits per heavy atom. The lowest BCUT2D eigenvalue weighted by atomic mass is 9.87. The zero-order valence-electron chi connectivity index (χ0n) is 13.8. The second kappa shape index (κ2) is 7.13. The molecule has 1 aromatic carbocycles. The lowest BCUT2D eigenvalue weighted by Gasteiger charge is -2.26. The molecule has 0 atom stereocenters. The zero-order valence-corrected chi connectivity index (χ0v) is 14.6. The van der Waals surface area contributed by atoms with Gasteiger partial charge in [0.15, 0.2) is 0 Å². The monoisotopic (exact) mass is 366 g/mol. The topological polar surface area (TPSA) is 113 Å². The van der Waals surface area contributed by atoms with Gasteiger partial charge in [-0.25, -0.2) is 13.1 Å². The second-order valence-electron chi connectivity index (χ2n) is 6.78. The van der Waals surface area contributed by atoms with Crippen LogP contribution in [0.1, 0.15) is 48.9 Å². The lowest BCUT2D eigenvalue weighted by molar-refractivity contribution is -0.142. The maximum Gasteiger partial charge on any atom is 0.306 e. The number of aliphatic carboxylic acids is 1. The third-order valence-electron chi connectivity index (χ3n) is 4.72. The van der Waals surface area contributed by atoms with Gasteiger partial charge in [-0.05, 0) is 56.7 Å². The summed E-state index contributed by atoms with van der Waals surface area (Å²) in [7, 11) is -3.74. The number of carbonyl (C=O) groups excluding carboxylic acids is 1. The van der Waals surface area contributed by atoms with Gasteiger partial charge in [-0.3, -0.25) is 9.59 Å². The Hall–Kier alpha value is -1.93. The minimum atomic E-state index is -3.74. The quantitative estimate of drug-likeness (QED) is 0.706. The van der Waals surface area contributed by atoms with E-state index in [4.69, 9.17) is 5.11 Å². The van der Waals surface area contributed by atoms with Gasteiger partial charge >= 0.3 is 5.97 Å². The van der Waals surface area contributed by atoms with Crippen LogP contribution in [0, 0.1) is 5.92 Å². The van der Waals surface area contributed by atoms with E-state index in [0.717, 1.165) is 12.8 Å². The Labute approximate surface area is 146 Å². The van der Waals surface area contributed by atoms with Gasteiger partial charge in [0.25, 0.3) is 5.91 Å². The van der Waals surface area contributed by atoms with Crippen molar-refractivity contribution < 1.29 is 23.1 Å². The van der Waals surface area contributed by atoms with Crippen molar-refractivity contribution in [1.82, 2.24) is 10.0 Å². The van der Waals surface area contributed by atoms with Crippen molar-refractivity contribution in [1.29, 1.82) is 0 Å². The molecule has 7 nitrogen and oxygen atoms in total. The molecule has 25 heavy (non-hydrogen) atoms. The molecule has 2 fully saturated rings. The van der Waals surface area contributed by atoms with Gasteiger partial charge in [-0.2, -0.15) is 0 Å². The number of hydrogen-bond acceptors (Lipinski definition) is 4. The first kappa shape index (κ1) is 17.9. The normalized spacial score (nSPS) is 23.8. The number of benzene rings is 1. The zero-order chi connectivity index (χ0) is 18.0. The maximum atomic E-state index is 12.6. The highest BCUT2D eigenvalue weighted by molar-refractivity contribution is 7.89. The number of sulfonamides is 1. The van der Waals surface area contributed by atoms with Crippen LogP contribution in [-0.4, -0.2) is 37.5 Å². The summed E-state index contributed by atoms with van der Waals surface area (Å²) in [4.78, 5) is 23.1. The number of nitrogens with one attached hydrogen (secondary N) is 2. The summed E-state index contributed by atoms with van der Waals surface area (Å²) >= 11 is 0. The third kappa shape index (κ3) is 4.58. The fourth-order valence-electron chi connectivity index (χ4n) is 3.05. The molecule has 2 aliphatic carbocycles. The highest BCUT2D eigenvalue weighted by Crippen LogP contribution is 2.26. The van der Waals surface area contributed by atoms with Crippen molar-refractivity contribution in [3.63, 3.8) is 0 Å². The predicted molar refractivity (Wildman–Crippen MR) is 90.6 cm³/mol. The molecule has 3 rings (SSSR count). The molecular weight excluding hydrogens is 344 g/mol. The van der Waals surface area contributed by atoms with Crippen LogP contribution < -0.4 is 10.0 Å². The average Bonchev–Trinajstić information content (AvgIpc) is 3.39. The summed E-state index contributed by atoms with van der Waals surface area (Å²) in [5.41, 5.74) is 0.323. The molecule has 0 spiro atoms. The van der Waals surface area contributed by atoms with Crippen LogP contribution in [0.4, 0.5) is 0 Å². The van der Waals surface area contributed by atoms with Crippen molar-refractivity contribution in [3.8, 4) is 0 Å². The van der Waals surface area contributed by atoms with E-state index in [1.54, 1.807) is 12.1 Å². The van der Waals surface area contributed by atoms with E-state index in [0.29, 0.717) is 31.2 Å². The molecule has 0 saturated heterocycles. The largest absolute Gasteiger partial charge is 0.481 e. The molecule has 3 N–H and O–H groups in total. The van der Waals surface area contributed by atoms with E-state index in [1.165, 1.54) is 12.1 Å². The van der Waals surface area contributed by atoms with Gasteiger partial charge in [0.2, 0.25) is 10.0 Å². The van der Waals surface area contributed by atoms with E-state index in [2.05, 4.69) is 10.0 Å². The number of carbonyl (C=O) groups is 2. The van der Waals surface area contributed by atoms with E-state index < -0.39 is 21.9 Å². The standard InChI is InChI=1S/C17H22N2O5S/c20-16(18-13-8-9-13)12-2-1-3-15(10-12)25(23,24)19-14-6-4-11(5-7-14)17(21)22/h1-3,10-11,13-14,19H,4-9H2,(H,18,20)(H,21,22). The molecule has 0 radical (unpaired) electrons. The van der Waals surface area contributed by atoms with Crippen LogP contribution in [0.25, 0.3) is 0 Å². The molecule has 136 valence electrons. The fourth-order valence-corrected chi connectivity index (χ4v) is 4.40. The predicted octanol–water partition coefficient (Wildman–Crippen LogP) is 1.50. The van der Waals surface area contributed by atoms with Crippen molar-refractivity contribution in [2.24, 2.45) is 5.92 Å². The first-order chi connectivity index (χ1) is 11.8. The number of carboxylic acid groups (broad SMARTS) is 1. The Kier molecular flexibility index (Phi) is 5.10. The van der Waals surface area contributed by atoms with E-state index >= 15 is 0 Å². The second-order valence-corrected chi connectivity index (χ2v) is 8.50.